The van der Waals surface area contributed by atoms with E-state index in [0.717, 1.165) is 0 Å². The molecule has 4 heteroatoms. The number of rotatable bonds is 4. The van der Waals surface area contributed by atoms with Crippen LogP contribution in [0.1, 0.15) is 25.7 Å². The van der Waals surface area contributed by atoms with Gasteiger partial charge in [0, 0.05) is 6.04 Å². The molecule has 70 valence electrons. The van der Waals surface area contributed by atoms with Crippen LogP contribution in [-0.4, -0.2) is 20.5 Å². The first kappa shape index (κ1) is 9.64. The van der Waals surface area contributed by atoms with E-state index in [1.54, 1.807) is 4.68 Å². The van der Waals surface area contributed by atoms with Crippen molar-refractivity contribution < 1.29 is 4.79 Å². The second-order valence-corrected chi connectivity index (χ2v) is 3.06. The Morgan fingerprint density at radius 3 is 3.00 bits per heavy atom. The molecule has 0 aromatic carbocycles. The van der Waals surface area contributed by atoms with E-state index in [9.17, 15) is 4.79 Å². The molecule has 1 aromatic heterocycles. The van der Waals surface area contributed by atoms with Crippen LogP contribution in [0.15, 0.2) is 19.0 Å². The monoisotopic (exact) mass is 179 g/mol. The molecule has 0 bridgehead atoms. The Bertz CT molecular complexity index is 314. The number of carbonyl (C=O) groups excluding carboxylic acids is 1. The summed E-state index contributed by atoms with van der Waals surface area (Å²) in [5.41, 5.74) is 0. The molecule has 0 spiro atoms. The third-order valence-corrected chi connectivity index (χ3v) is 1.70. The topological polar surface area (TPSA) is 47.8 Å². The van der Waals surface area contributed by atoms with Crippen LogP contribution in [0.2, 0.25) is 0 Å². The fourth-order valence-corrected chi connectivity index (χ4v) is 1.06. The molecule has 0 radical (unpaired) electrons. The van der Waals surface area contributed by atoms with Gasteiger partial charge in [0.1, 0.15) is 12.2 Å². The summed E-state index contributed by atoms with van der Waals surface area (Å²) in [6, 6.07) is 0.232. The zero-order valence-electron chi connectivity index (χ0n) is 7.90. The fraction of sp³-hybridized carbons (Fsp3) is 0.444. The van der Waals surface area contributed by atoms with Crippen LogP contribution in [0.3, 0.4) is 0 Å². The highest BCUT2D eigenvalue weighted by Gasteiger charge is 2.09. The molecule has 0 saturated carbocycles. The van der Waals surface area contributed by atoms with E-state index in [1.807, 2.05) is 13.8 Å². The summed E-state index contributed by atoms with van der Waals surface area (Å²) in [7, 11) is 0. The van der Waals surface area contributed by atoms with Crippen molar-refractivity contribution in [2.24, 2.45) is 0 Å². The van der Waals surface area contributed by atoms with Gasteiger partial charge in [0.05, 0.1) is 6.42 Å². The van der Waals surface area contributed by atoms with E-state index in [-0.39, 0.29) is 18.2 Å². The smallest absolute Gasteiger partial charge is 0.162 e. The van der Waals surface area contributed by atoms with Crippen LogP contribution < -0.4 is 0 Å². The molecule has 1 aromatic rings. The molecule has 0 amide bonds. The molecule has 0 atom stereocenters. The van der Waals surface area contributed by atoms with Crippen LogP contribution in [0.25, 0.3) is 0 Å². The molecule has 0 N–H and O–H groups in total. The number of hydrogen-bond donors (Lipinski definition) is 0. The first-order valence-corrected chi connectivity index (χ1v) is 4.18. The molecule has 0 aliphatic carbocycles. The molecule has 1 rings (SSSR count). The van der Waals surface area contributed by atoms with Gasteiger partial charge < -0.3 is 0 Å². The molecular formula is C9H13N3O. The molecule has 13 heavy (non-hydrogen) atoms. The van der Waals surface area contributed by atoms with Gasteiger partial charge in [0.2, 0.25) is 0 Å². The average molecular weight is 179 g/mol. The molecule has 4 nitrogen and oxygen atoms in total. The molecule has 1 heterocycles. The molecule has 0 unspecified atom stereocenters. The normalized spacial score (nSPS) is 10.4. The molecular weight excluding hydrogens is 166 g/mol. The highest BCUT2D eigenvalue weighted by Crippen LogP contribution is 2.05. The number of aromatic nitrogens is 3. The predicted octanol–water partition coefficient (Wildman–Crippen LogP) is 1.16. The molecule has 0 saturated heterocycles. The zero-order valence-corrected chi connectivity index (χ0v) is 7.90. The standard InChI is InChI=1S/C9H13N3O/c1-4-8(13)5-9-10-6-11-12(9)7(2)3/h4,6-7H,1,5H2,2-3H3. The van der Waals surface area contributed by atoms with Crippen LogP contribution in [0, 0.1) is 0 Å². The van der Waals surface area contributed by atoms with E-state index < -0.39 is 0 Å². The van der Waals surface area contributed by atoms with E-state index >= 15 is 0 Å². The van der Waals surface area contributed by atoms with E-state index in [0.29, 0.717) is 5.82 Å². The van der Waals surface area contributed by atoms with E-state index in [2.05, 4.69) is 16.7 Å². The summed E-state index contributed by atoms with van der Waals surface area (Å²) < 4.78 is 1.74. The lowest BCUT2D eigenvalue weighted by atomic mass is 10.2. The maximum atomic E-state index is 11.1. The summed E-state index contributed by atoms with van der Waals surface area (Å²) in [5.74, 6) is 0.662. The van der Waals surface area contributed by atoms with Gasteiger partial charge in [-0.1, -0.05) is 6.58 Å². The minimum atomic E-state index is -0.0325. The van der Waals surface area contributed by atoms with Crippen LogP contribution in [0.4, 0.5) is 0 Å². The third kappa shape index (κ3) is 2.24. The van der Waals surface area contributed by atoms with Crippen molar-refractivity contribution >= 4 is 5.78 Å². The summed E-state index contributed by atoms with van der Waals surface area (Å²) >= 11 is 0. The van der Waals surface area contributed by atoms with Crippen LogP contribution in [0.5, 0.6) is 0 Å². The Balaban J connectivity index is 2.82. The highest BCUT2D eigenvalue weighted by molar-refractivity contribution is 5.90. The lowest BCUT2D eigenvalue weighted by molar-refractivity contribution is -0.114. The highest BCUT2D eigenvalue weighted by atomic mass is 16.1. The first-order chi connectivity index (χ1) is 6.15. The van der Waals surface area contributed by atoms with Gasteiger partial charge in [-0.05, 0) is 19.9 Å². The number of hydrogen-bond acceptors (Lipinski definition) is 3. The SMILES string of the molecule is C=CC(=O)Cc1ncnn1C(C)C. The quantitative estimate of drug-likeness (QED) is 0.651. The maximum absolute atomic E-state index is 11.1. The van der Waals surface area contributed by atoms with Crippen molar-refractivity contribution in [3.63, 3.8) is 0 Å². The van der Waals surface area contributed by atoms with Crippen molar-refractivity contribution in [2.75, 3.05) is 0 Å². The van der Waals surface area contributed by atoms with Gasteiger partial charge in [0.15, 0.2) is 5.78 Å². The minimum absolute atomic E-state index is 0.0325. The van der Waals surface area contributed by atoms with Crippen LogP contribution >= 0.6 is 0 Å². The number of carbonyl (C=O) groups is 1. The van der Waals surface area contributed by atoms with Crippen LogP contribution in [-0.2, 0) is 11.2 Å². The molecule has 0 aliphatic heterocycles. The van der Waals surface area contributed by atoms with E-state index in [4.69, 9.17) is 0 Å². The Morgan fingerprint density at radius 1 is 1.77 bits per heavy atom. The molecule has 0 aliphatic rings. The van der Waals surface area contributed by atoms with Gasteiger partial charge in [-0.25, -0.2) is 9.67 Å². The lowest BCUT2D eigenvalue weighted by Crippen LogP contribution is -2.11. The average Bonchev–Trinajstić information content (AvgIpc) is 2.52. The number of ketones is 1. The molecule has 0 fully saturated rings. The lowest BCUT2D eigenvalue weighted by Gasteiger charge is -2.07. The summed E-state index contributed by atoms with van der Waals surface area (Å²) in [5, 5.41) is 4.02. The number of nitrogens with zero attached hydrogens (tertiary/aromatic N) is 3. The maximum Gasteiger partial charge on any atom is 0.162 e. The van der Waals surface area contributed by atoms with Gasteiger partial charge in [-0.15, -0.1) is 0 Å². The van der Waals surface area contributed by atoms with Crippen molar-refractivity contribution in [1.82, 2.24) is 14.8 Å². The predicted molar refractivity (Wildman–Crippen MR) is 49.3 cm³/mol. The zero-order chi connectivity index (χ0) is 9.84. The van der Waals surface area contributed by atoms with Gasteiger partial charge >= 0.3 is 0 Å². The summed E-state index contributed by atoms with van der Waals surface area (Å²) in [6.45, 7) is 7.40. The Labute approximate surface area is 77.3 Å². The van der Waals surface area contributed by atoms with E-state index in [1.165, 1.54) is 12.4 Å². The second kappa shape index (κ2) is 3.98. The van der Waals surface area contributed by atoms with Gasteiger partial charge in [0.25, 0.3) is 0 Å². The first-order valence-electron chi connectivity index (χ1n) is 4.18. The fourth-order valence-electron chi connectivity index (χ4n) is 1.06. The van der Waals surface area contributed by atoms with Crippen molar-refractivity contribution in [1.29, 1.82) is 0 Å². The van der Waals surface area contributed by atoms with Gasteiger partial charge in [-0.3, -0.25) is 4.79 Å². The largest absolute Gasteiger partial charge is 0.294 e. The summed E-state index contributed by atoms with van der Waals surface area (Å²) in [6.07, 6.45) is 3.05. The Kier molecular flexibility index (Phi) is 2.95. The Morgan fingerprint density at radius 2 is 2.46 bits per heavy atom. The second-order valence-electron chi connectivity index (χ2n) is 3.06. The minimum Gasteiger partial charge on any atom is -0.294 e. The van der Waals surface area contributed by atoms with Crippen molar-refractivity contribution in [2.45, 2.75) is 26.3 Å². The third-order valence-electron chi connectivity index (χ3n) is 1.70. The number of allylic oxidation sites excluding steroid dienone is 1. The Hall–Kier alpha value is -1.45. The van der Waals surface area contributed by atoms with Crippen molar-refractivity contribution in [3.8, 4) is 0 Å². The summed E-state index contributed by atoms with van der Waals surface area (Å²) in [4.78, 5) is 15.1. The van der Waals surface area contributed by atoms with Gasteiger partial charge in [-0.2, -0.15) is 5.10 Å². The van der Waals surface area contributed by atoms with Crippen molar-refractivity contribution in [3.05, 3.63) is 24.8 Å².